The van der Waals surface area contributed by atoms with Crippen LogP contribution in [0.2, 0.25) is 0 Å². The van der Waals surface area contributed by atoms with E-state index in [4.69, 9.17) is 10.5 Å². The van der Waals surface area contributed by atoms with Crippen LogP contribution in [-0.4, -0.2) is 47.0 Å². The SMILES string of the molecule is CN(Cc1cnn(C)c1)C1(CN)CCCOC1. The van der Waals surface area contributed by atoms with E-state index in [9.17, 15) is 0 Å². The second-order valence-corrected chi connectivity index (χ2v) is 4.96. The van der Waals surface area contributed by atoms with Crippen LogP contribution in [0.1, 0.15) is 18.4 Å². The van der Waals surface area contributed by atoms with Gasteiger partial charge in [-0.25, -0.2) is 0 Å². The van der Waals surface area contributed by atoms with E-state index in [0.717, 1.165) is 32.6 Å². The molecule has 1 saturated heterocycles. The van der Waals surface area contributed by atoms with E-state index in [2.05, 4.69) is 17.0 Å². The van der Waals surface area contributed by atoms with E-state index in [1.807, 2.05) is 24.1 Å². The van der Waals surface area contributed by atoms with Gasteiger partial charge < -0.3 is 10.5 Å². The molecule has 0 aromatic carbocycles. The van der Waals surface area contributed by atoms with Crippen LogP contribution < -0.4 is 5.73 Å². The Bertz CT molecular complexity index is 357. The van der Waals surface area contributed by atoms with Gasteiger partial charge in [0.05, 0.1) is 18.3 Å². The summed E-state index contributed by atoms with van der Waals surface area (Å²) in [6.07, 6.45) is 6.16. The third-order valence-corrected chi connectivity index (χ3v) is 3.67. The van der Waals surface area contributed by atoms with Gasteiger partial charge in [-0.2, -0.15) is 5.10 Å². The Morgan fingerprint density at radius 2 is 2.47 bits per heavy atom. The van der Waals surface area contributed by atoms with Crippen LogP contribution in [0.3, 0.4) is 0 Å². The van der Waals surface area contributed by atoms with E-state index in [0.29, 0.717) is 6.54 Å². The first kappa shape index (κ1) is 12.5. The van der Waals surface area contributed by atoms with Crippen LogP contribution in [-0.2, 0) is 18.3 Å². The Morgan fingerprint density at radius 1 is 1.65 bits per heavy atom. The summed E-state index contributed by atoms with van der Waals surface area (Å²) in [4.78, 5) is 2.31. The van der Waals surface area contributed by atoms with Gasteiger partial charge in [0.2, 0.25) is 0 Å². The fraction of sp³-hybridized carbons (Fsp3) is 0.750. The molecule has 1 aromatic rings. The number of nitrogens with two attached hydrogens (primary N) is 1. The first-order chi connectivity index (χ1) is 8.16. The van der Waals surface area contributed by atoms with Crippen molar-refractivity contribution in [3.63, 3.8) is 0 Å². The molecule has 5 heteroatoms. The minimum atomic E-state index is -0.00586. The Balaban J connectivity index is 2.04. The molecular weight excluding hydrogens is 216 g/mol. The molecule has 0 radical (unpaired) electrons. The van der Waals surface area contributed by atoms with Crippen molar-refractivity contribution in [1.82, 2.24) is 14.7 Å². The summed E-state index contributed by atoms with van der Waals surface area (Å²) in [6.45, 7) is 3.11. The lowest BCUT2D eigenvalue weighted by Gasteiger charge is -2.43. The normalized spacial score (nSPS) is 25.4. The van der Waals surface area contributed by atoms with Crippen molar-refractivity contribution in [3.05, 3.63) is 18.0 Å². The minimum Gasteiger partial charge on any atom is -0.379 e. The second-order valence-electron chi connectivity index (χ2n) is 4.96. The lowest BCUT2D eigenvalue weighted by atomic mass is 9.90. The molecule has 17 heavy (non-hydrogen) atoms. The highest BCUT2D eigenvalue weighted by Gasteiger charge is 2.35. The molecule has 1 fully saturated rings. The fourth-order valence-corrected chi connectivity index (χ4v) is 2.45. The standard InChI is InChI=1S/C12H22N4O/c1-15(7-11-6-14-16(2)8-11)12(9-13)4-3-5-17-10-12/h6,8H,3-5,7,9-10,13H2,1-2H3. The van der Waals surface area contributed by atoms with Gasteiger partial charge in [-0.05, 0) is 19.9 Å². The average molecular weight is 238 g/mol. The molecule has 2 heterocycles. The Kier molecular flexibility index (Phi) is 3.81. The van der Waals surface area contributed by atoms with Crippen molar-refractivity contribution >= 4 is 0 Å². The van der Waals surface area contributed by atoms with Crippen molar-refractivity contribution in [2.24, 2.45) is 12.8 Å². The van der Waals surface area contributed by atoms with Crippen molar-refractivity contribution in [2.75, 3.05) is 26.8 Å². The fourth-order valence-electron chi connectivity index (χ4n) is 2.45. The number of rotatable bonds is 4. The predicted molar refractivity (Wildman–Crippen MR) is 66.5 cm³/mol. The Labute approximate surface area is 103 Å². The quantitative estimate of drug-likeness (QED) is 0.823. The second kappa shape index (κ2) is 5.16. The molecule has 2 rings (SSSR count). The third kappa shape index (κ3) is 2.68. The van der Waals surface area contributed by atoms with Gasteiger partial charge >= 0.3 is 0 Å². The largest absolute Gasteiger partial charge is 0.379 e. The summed E-state index contributed by atoms with van der Waals surface area (Å²) >= 11 is 0. The minimum absolute atomic E-state index is 0.00586. The van der Waals surface area contributed by atoms with E-state index >= 15 is 0 Å². The molecular formula is C12H22N4O. The molecule has 1 aliphatic rings. The molecule has 2 N–H and O–H groups in total. The van der Waals surface area contributed by atoms with Gasteiger partial charge in [-0.15, -0.1) is 0 Å². The summed E-state index contributed by atoms with van der Waals surface area (Å²) in [5, 5.41) is 4.19. The number of aryl methyl sites for hydroxylation is 1. The van der Waals surface area contributed by atoms with Crippen LogP contribution >= 0.6 is 0 Å². The number of ether oxygens (including phenoxy) is 1. The van der Waals surface area contributed by atoms with Gasteiger partial charge in [-0.3, -0.25) is 9.58 Å². The number of hydrogen-bond donors (Lipinski definition) is 1. The lowest BCUT2D eigenvalue weighted by molar-refractivity contribution is -0.0374. The Hall–Kier alpha value is -0.910. The molecule has 0 aliphatic carbocycles. The summed E-state index contributed by atoms with van der Waals surface area (Å²) in [5.74, 6) is 0. The summed E-state index contributed by atoms with van der Waals surface area (Å²) in [7, 11) is 4.06. The van der Waals surface area contributed by atoms with Crippen molar-refractivity contribution in [2.45, 2.75) is 24.9 Å². The van der Waals surface area contributed by atoms with Gasteiger partial charge in [-0.1, -0.05) is 0 Å². The van der Waals surface area contributed by atoms with Gasteiger partial charge in [0.1, 0.15) is 0 Å². The zero-order chi connectivity index (χ0) is 12.3. The van der Waals surface area contributed by atoms with Crippen molar-refractivity contribution < 1.29 is 4.74 Å². The summed E-state index contributed by atoms with van der Waals surface area (Å²) in [5.41, 5.74) is 7.17. The zero-order valence-electron chi connectivity index (χ0n) is 10.7. The van der Waals surface area contributed by atoms with Crippen LogP contribution in [0.4, 0.5) is 0 Å². The van der Waals surface area contributed by atoms with Crippen molar-refractivity contribution in [3.8, 4) is 0 Å². The molecule has 1 atom stereocenters. The number of nitrogens with zero attached hydrogens (tertiary/aromatic N) is 3. The molecule has 0 spiro atoms. The van der Waals surface area contributed by atoms with Crippen LogP contribution in [0.15, 0.2) is 12.4 Å². The lowest BCUT2D eigenvalue weighted by Crippen LogP contribution is -2.56. The zero-order valence-corrected chi connectivity index (χ0v) is 10.7. The van der Waals surface area contributed by atoms with Crippen LogP contribution in [0.5, 0.6) is 0 Å². The molecule has 5 nitrogen and oxygen atoms in total. The summed E-state index contributed by atoms with van der Waals surface area (Å²) in [6, 6.07) is 0. The van der Waals surface area contributed by atoms with Crippen molar-refractivity contribution in [1.29, 1.82) is 0 Å². The van der Waals surface area contributed by atoms with E-state index in [1.54, 1.807) is 0 Å². The van der Waals surface area contributed by atoms with Crippen LogP contribution in [0.25, 0.3) is 0 Å². The van der Waals surface area contributed by atoms with E-state index < -0.39 is 0 Å². The summed E-state index contributed by atoms with van der Waals surface area (Å²) < 4.78 is 7.43. The highest BCUT2D eigenvalue weighted by Crippen LogP contribution is 2.25. The molecule has 0 saturated carbocycles. The third-order valence-electron chi connectivity index (χ3n) is 3.67. The van der Waals surface area contributed by atoms with E-state index in [-0.39, 0.29) is 5.54 Å². The Morgan fingerprint density at radius 3 is 3.00 bits per heavy atom. The molecule has 1 aliphatic heterocycles. The topological polar surface area (TPSA) is 56.3 Å². The highest BCUT2D eigenvalue weighted by atomic mass is 16.5. The maximum atomic E-state index is 5.96. The first-order valence-corrected chi connectivity index (χ1v) is 6.13. The molecule has 1 aromatic heterocycles. The predicted octanol–water partition coefficient (Wildman–Crippen LogP) is 0.360. The van der Waals surface area contributed by atoms with Gasteiger partial charge in [0.25, 0.3) is 0 Å². The smallest absolute Gasteiger partial charge is 0.0662 e. The van der Waals surface area contributed by atoms with Gasteiger partial charge in [0, 0.05) is 38.5 Å². The first-order valence-electron chi connectivity index (χ1n) is 6.13. The van der Waals surface area contributed by atoms with E-state index in [1.165, 1.54) is 5.56 Å². The number of likely N-dealkylation sites (N-methyl/N-ethyl adjacent to an activating group) is 1. The molecule has 1 unspecified atom stereocenters. The highest BCUT2D eigenvalue weighted by molar-refractivity contribution is 5.05. The maximum absolute atomic E-state index is 5.96. The molecule has 0 bridgehead atoms. The van der Waals surface area contributed by atoms with Crippen LogP contribution in [0, 0.1) is 0 Å². The maximum Gasteiger partial charge on any atom is 0.0662 e. The van der Waals surface area contributed by atoms with Gasteiger partial charge in [0.15, 0.2) is 0 Å². The monoisotopic (exact) mass is 238 g/mol. The number of aromatic nitrogens is 2. The molecule has 0 amide bonds. The average Bonchev–Trinajstić information content (AvgIpc) is 2.75. The number of hydrogen-bond acceptors (Lipinski definition) is 4. The molecule has 96 valence electrons.